The molecular weight excluding hydrogens is 636 g/mol. The molecule has 5 atom stereocenters. The fourth-order valence-electron chi connectivity index (χ4n) is 6.64. The smallest absolute Gasteiger partial charge is 0.306 e. The normalized spacial score (nSPS) is 25.2. The van der Waals surface area contributed by atoms with Crippen LogP contribution in [0.25, 0.3) is 0 Å². The molecule has 10 nitrogen and oxygen atoms in total. The van der Waals surface area contributed by atoms with Crippen molar-refractivity contribution in [2.75, 3.05) is 40.0 Å². The zero-order valence-corrected chi connectivity index (χ0v) is 27.6. The summed E-state index contributed by atoms with van der Waals surface area (Å²) >= 11 is 0. The maximum absolute atomic E-state index is 14.2. The van der Waals surface area contributed by atoms with Crippen LogP contribution in [0, 0.1) is 23.5 Å². The van der Waals surface area contributed by atoms with Gasteiger partial charge in [0.2, 0.25) is 10.0 Å². The van der Waals surface area contributed by atoms with Gasteiger partial charge in [-0.15, -0.1) is 0 Å². The highest BCUT2D eigenvalue weighted by Gasteiger charge is 2.41. The van der Waals surface area contributed by atoms with E-state index in [-0.39, 0.29) is 48.9 Å². The second kappa shape index (κ2) is 16.6. The van der Waals surface area contributed by atoms with E-state index in [1.165, 1.54) is 17.5 Å². The van der Waals surface area contributed by atoms with Crippen molar-refractivity contribution in [3.63, 3.8) is 0 Å². The molecule has 0 spiro atoms. The number of sulfonamides is 1. The number of esters is 1. The summed E-state index contributed by atoms with van der Waals surface area (Å²) in [6.45, 7) is 1.25. The van der Waals surface area contributed by atoms with Crippen LogP contribution in [0.15, 0.2) is 41.3 Å². The molecule has 3 heterocycles. The van der Waals surface area contributed by atoms with Crippen LogP contribution in [0.1, 0.15) is 62.5 Å². The van der Waals surface area contributed by atoms with E-state index in [1.54, 1.807) is 12.1 Å². The Morgan fingerprint density at radius 2 is 1.72 bits per heavy atom. The van der Waals surface area contributed by atoms with Crippen molar-refractivity contribution in [3.05, 3.63) is 59.2 Å². The highest BCUT2D eigenvalue weighted by Crippen LogP contribution is 2.34. The third-order valence-electron chi connectivity index (χ3n) is 9.15. The van der Waals surface area contributed by atoms with Crippen molar-refractivity contribution < 1.29 is 50.8 Å². The molecule has 0 bridgehead atoms. The summed E-state index contributed by atoms with van der Waals surface area (Å²) in [7, 11) is -2.65. The lowest BCUT2D eigenvalue weighted by atomic mass is 9.90. The van der Waals surface area contributed by atoms with Crippen molar-refractivity contribution in [1.29, 1.82) is 0 Å². The Balaban J connectivity index is 1.40. The van der Waals surface area contributed by atoms with Crippen molar-refractivity contribution in [2.24, 2.45) is 11.8 Å². The highest BCUT2D eigenvalue weighted by molar-refractivity contribution is 7.89. The van der Waals surface area contributed by atoms with Gasteiger partial charge in [0.15, 0.2) is 6.29 Å². The maximum Gasteiger partial charge on any atom is 0.306 e. The molecule has 0 amide bonds. The first kappa shape index (κ1) is 35.6. The van der Waals surface area contributed by atoms with Gasteiger partial charge < -0.3 is 28.8 Å². The van der Waals surface area contributed by atoms with Gasteiger partial charge in [-0.1, -0.05) is 19.3 Å². The molecule has 0 radical (unpaired) electrons. The van der Waals surface area contributed by atoms with Gasteiger partial charge in [-0.25, -0.2) is 17.2 Å². The zero-order valence-electron chi connectivity index (χ0n) is 26.8. The maximum atomic E-state index is 14.2. The van der Waals surface area contributed by atoms with Crippen LogP contribution in [0.3, 0.4) is 0 Å². The Kier molecular flexibility index (Phi) is 12.6. The van der Waals surface area contributed by atoms with Gasteiger partial charge in [0.1, 0.15) is 23.5 Å². The minimum atomic E-state index is -4.15. The Hall–Kier alpha value is -2.68. The summed E-state index contributed by atoms with van der Waals surface area (Å²) in [5.74, 6) is -2.70. The molecule has 5 rings (SSSR count). The van der Waals surface area contributed by atoms with Crippen LogP contribution in [0.2, 0.25) is 0 Å². The lowest BCUT2D eigenvalue weighted by Crippen LogP contribution is -2.43. The number of hydrogen-bond donors (Lipinski definition) is 1. The predicted octanol–water partition coefficient (Wildman–Crippen LogP) is 4.75. The molecule has 2 aromatic rings. The number of methoxy groups -OCH3 is 1. The lowest BCUT2D eigenvalue weighted by Gasteiger charge is -2.33. The number of fused-ring (bicyclic) bond motifs is 2. The Morgan fingerprint density at radius 3 is 2.49 bits per heavy atom. The summed E-state index contributed by atoms with van der Waals surface area (Å²) in [6.07, 6.45) is 2.63. The molecule has 2 fully saturated rings. The van der Waals surface area contributed by atoms with Crippen LogP contribution >= 0.6 is 0 Å². The standard InChI is InChI=1S/C34H45F2NO9S/c1-42-28-7-8-32-25(18-28)22-43-12-6-4-2-3-5-11-37(47(32,40)41)21-30(38)24(15-23-16-26(35)20-27(36)17-23)19-33(39)46-31-10-14-45-34-29(31)9-13-44-34/h7-8,16-18,20,24,29-31,34,38H,2-6,9-15,19,21-22H2,1H3/t24-,29+,30-,31+,34-/m1/s1. The largest absolute Gasteiger partial charge is 0.497 e. The molecule has 47 heavy (non-hydrogen) atoms. The quantitative estimate of drug-likeness (QED) is 0.374. The number of halogens is 2. The Bertz CT molecular complexity index is 1440. The van der Waals surface area contributed by atoms with Crippen LogP contribution in [-0.2, 0) is 46.8 Å². The topological polar surface area (TPSA) is 121 Å². The molecule has 3 aliphatic heterocycles. The Morgan fingerprint density at radius 1 is 1.00 bits per heavy atom. The molecule has 13 heteroatoms. The van der Waals surface area contributed by atoms with Crippen LogP contribution in [0.5, 0.6) is 5.75 Å². The number of nitrogens with zero attached hydrogens (tertiary/aromatic N) is 1. The molecular formula is C34H45F2NO9S. The van der Waals surface area contributed by atoms with Gasteiger partial charge in [-0.3, -0.25) is 4.79 Å². The third-order valence-corrected chi connectivity index (χ3v) is 11.1. The number of benzene rings is 2. The molecule has 2 saturated heterocycles. The summed E-state index contributed by atoms with van der Waals surface area (Å²) in [6, 6.07) is 7.71. The van der Waals surface area contributed by atoms with Gasteiger partial charge in [0.25, 0.3) is 0 Å². The summed E-state index contributed by atoms with van der Waals surface area (Å²) in [5.41, 5.74) is 0.668. The molecule has 260 valence electrons. The minimum Gasteiger partial charge on any atom is -0.497 e. The molecule has 0 unspecified atom stereocenters. The molecule has 1 N–H and O–H groups in total. The van der Waals surface area contributed by atoms with E-state index in [1.807, 2.05) is 0 Å². The molecule has 0 aromatic heterocycles. The van der Waals surface area contributed by atoms with Crippen molar-refractivity contribution in [2.45, 2.75) is 87.8 Å². The van der Waals surface area contributed by atoms with E-state index in [9.17, 15) is 27.1 Å². The van der Waals surface area contributed by atoms with E-state index in [0.29, 0.717) is 50.4 Å². The summed E-state index contributed by atoms with van der Waals surface area (Å²) in [4.78, 5) is 13.4. The van der Waals surface area contributed by atoms with Gasteiger partial charge in [0.05, 0.1) is 44.4 Å². The number of aliphatic hydroxyl groups is 1. The first-order valence-corrected chi connectivity index (χ1v) is 17.9. The zero-order chi connectivity index (χ0) is 33.4. The predicted molar refractivity (Wildman–Crippen MR) is 167 cm³/mol. The number of hydrogen-bond acceptors (Lipinski definition) is 9. The van der Waals surface area contributed by atoms with Gasteiger partial charge >= 0.3 is 5.97 Å². The average Bonchev–Trinajstić information content (AvgIpc) is 3.52. The van der Waals surface area contributed by atoms with Gasteiger partial charge in [-0.05, 0) is 61.6 Å². The SMILES string of the molecule is COc1ccc2c(c1)COCCCCCCCN(C[C@@H](O)[C@@H](CC(=O)O[C@H]1CCO[C@H]3OCC[C@H]31)Cc1cc(F)cc(F)c1)S2(=O)=O. The number of aliphatic hydroxyl groups excluding tert-OH is 1. The highest BCUT2D eigenvalue weighted by atomic mass is 32.2. The molecule has 3 aliphatic rings. The monoisotopic (exact) mass is 681 g/mol. The van der Waals surface area contributed by atoms with Crippen LogP contribution in [0.4, 0.5) is 8.78 Å². The van der Waals surface area contributed by atoms with Crippen LogP contribution < -0.4 is 4.74 Å². The molecule has 2 aromatic carbocycles. The van der Waals surface area contributed by atoms with E-state index in [4.69, 9.17) is 23.7 Å². The second-order valence-corrected chi connectivity index (χ2v) is 14.5. The summed E-state index contributed by atoms with van der Waals surface area (Å²) in [5, 5.41) is 11.7. The Labute approximate surface area is 275 Å². The number of carbonyl (C=O) groups is 1. The fourth-order valence-corrected chi connectivity index (χ4v) is 8.32. The molecule has 0 saturated carbocycles. The van der Waals surface area contributed by atoms with E-state index in [2.05, 4.69) is 0 Å². The number of carbonyl (C=O) groups excluding carboxylic acids is 1. The van der Waals surface area contributed by atoms with Crippen molar-refractivity contribution >= 4 is 16.0 Å². The van der Waals surface area contributed by atoms with Crippen molar-refractivity contribution in [3.8, 4) is 5.75 Å². The number of ether oxygens (including phenoxy) is 5. The van der Waals surface area contributed by atoms with E-state index < -0.39 is 52.0 Å². The van der Waals surface area contributed by atoms with Gasteiger partial charge in [-0.2, -0.15) is 4.31 Å². The first-order chi connectivity index (χ1) is 22.6. The first-order valence-electron chi connectivity index (χ1n) is 16.4. The second-order valence-electron chi connectivity index (χ2n) is 12.5. The lowest BCUT2D eigenvalue weighted by molar-refractivity contribution is -0.195. The van der Waals surface area contributed by atoms with E-state index >= 15 is 0 Å². The average molecular weight is 682 g/mol. The number of β-amino-alcohol motifs (C(OH)–C–C–N with tert-alkyl or cyclic N) is 1. The molecule has 0 aliphatic carbocycles. The third kappa shape index (κ3) is 9.48. The van der Waals surface area contributed by atoms with Crippen LogP contribution in [-0.4, -0.2) is 82.3 Å². The minimum absolute atomic E-state index is 0.0424. The summed E-state index contributed by atoms with van der Waals surface area (Å²) < 4.78 is 86.3. The van der Waals surface area contributed by atoms with E-state index in [0.717, 1.165) is 43.9 Å². The van der Waals surface area contributed by atoms with Crippen molar-refractivity contribution in [1.82, 2.24) is 4.31 Å². The van der Waals surface area contributed by atoms with Gasteiger partial charge in [0, 0.05) is 49.6 Å². The number of rotatable bonds is 9. The fraction of sp³-hybridized carbons (Fsp3) is 0.618.